The minimum atomic E-state index is -0.212. The maximum atomic E-state index is 6.54. The Morgan fingerprint density at radius 1 is 0.436 bits per heavy atom. The molecule has 13 rings (SSSR count). The van der Waals surface area contributed by atoms with Crippen LogP contribution in [0.3, 0.4) is 0 Å². The van der Waals surface area contributed by atoms with Crippen molar-refractivity contribution in [3.8, 4) is 11.1 Å². The topological polar surface area (TPSA) is 25.2 Å². The molecule has 4 heterocycles. The molecule has 12 aromatic rings. The number of hydrogen-bond donors (Lipinski definition) is 0. The molecule has 4 aromatic heterocycles. The number of para-hydroxylation sites is 3. The number of fused-ring (bicyclic) bond motifs is 15. The van der Waals surface area contributed by atoms with E-state index in [4.69, 9.17) is 4.42 Å². The van der Waals surface area contributed by atoms with E-state index in [1.54, 1.807) is 0 Å². The number of nitrogens with zero attached hydrogens (tertiary/aromatic N) is 3. The summed E-state index contributed by atoms with van der Waals surface area (Å²) < 4.78 is 11.5. The molecule has 0 fully saturated rings. The fraction of sp³-hybridized carbons (Fsp3) is 0.0588. The average molecular weight is 704 g/mol. The molecule has 0 spiro atoms. The van der Waals surface area contributed by atoms with Gasteiger partial charge in [0, 0.05) is 55.2 Å². The van der Waals surface area contributed by atoms with Gasteiger partial charge in [-0.25, -0.2) is 0 Å². The average Bonchev–Trinajstić information content (AvgIpc) is 3.94. The molecule has 55 heavy (non-hydrogen) atoms. The fourth-order valence-electron chi connectivity index (χ4n) is 10.3. The lowest BCUT2D eigenvalue weighted by Gasteiger charge is -2.32. The van der Waals surface area contributed by atoms with Crippen LogP contribution in [0.1, 0.15) is 25.0 Å². The molecule has 1 aliphatic carbocycles. The summed E-state index contributed by atoms with van der Waals surface area (Å²) in [4.78, 5) is 2.46. The normalized spacial score (nSPS) is 13.8. The fourth-order valence-corrected chi connectivity index (χ4v) is 10.3. The van der Waals surface area contributed by atoms with Gasteiger partial charge in [0.25, 0.3) is 0 Å². The monoisotopic (exact) mass is 703 g/mol. The van der Waals surface area contributed by atoms with Crippen LogP contribution in [0.4, 0.5) is 17.1 Å². The summed E-state index contributed by atoms with van der Waals surface area (Å²) in [7, 11) is 0. The van der Waals surface area contributed by atoms with E-state index in [9.17, 15) is 0 Å². The molecule has 4 nitrogen and oxygen atoms in total. The van der Waals surface area contributed by atoms with Gasteiger partial charge in [-0.1, -0.05) is 117 Å². The summed E-state index contributed by atoms with van der Waals surface area (Å²) in [5.41, 5.74) is 17.5. The van der Waals surface area contributed by atoms with Crippen LogP contribution in [0.25, 0.3) is 87.7 Å². The number of hydrogen-bond acceptors (Lipinski definition) is 2. The first kappa shape index (κ1) is 29.4. The molecule has 0 radical (unpaired) electrons. The predicted molar refractivity (Wildman–Crippen MR) is 229 cm³/mol. The molecule has 4 heteroatoms. The van der Waals surface area contributed by atoms with Crippen molar-refractivity contribution in [2.24, 2.45) is 0 Å². The van der Waals surface area contributed by atoms with E-state index in [2.05, 4.69) is 185 Å². The van der Waals surface area contributed by atoms with E-state index in [-0.39, 0.29) is 5.41 Å². The Morgan fingerprint density at radius 2 is 1.02 bits per heavy atom. The van der Waals surface area contributed by atoms with Gasteiger partial charge in [-0.05, 0) is 76.9 Å². The molecule has 0 unspecified atom stereocenters. The second-order valence-electron chi connectivity index (χ2n) is 15.7. The van der Waals surface area contributed by atoms with Crippen molar-refractivity contribution in [1.82, 2.24) is 8.80 Å². The van der Waals surface area contributed by atoms with Gasteiger partial charge in [0.1, 0.15) is 11.2 Å². The van der Waals surface area contributed by atoms with Crippen LogP contribution >= 0.6 is 0 Å². The summed E-state index contributed by atoms with van der Waals surface area (Å²) in [6, 6.07) is 60.2. The summed E-state index contributed by atoms with van der Waals surface area (Å²) >= 11 is 0. The van der Waals surface area contributed by atoms with E-state index < -0.39 is 0 Å². The van der Waals surface area contributed by atoms with Crippen LogP contribution < -0.4 is 4.90 Å². The summed E-state index contributed by atoms with van der Waals surface area (Å²) in [5.74, 6) is 0. The Morgan fingerprint density at radius 3 is 1.80 bits per heavy atom. The first-order valence-electron chi connectivity index (χ1n) is 19.1. The molecule has 1 aliphatic rings. The Bertz CT molecular complexity index is 3590. The van der Waals surface area contributed by atoms with Crippen LogP contribution in [0.2, 0.25) is 0 Å². The molecular formula is C51H33N3O. The summed E-state index contributed by atoms with van der Waals surface area (Å²) in [6.45, 7) is 4.74. The molecular weight excluding hydrogens is 671 g/mol. The highest BCUT2D eigenvalue weighted by Crippen LogP contribution is 2.55. The van der Waals surface area contributed by atoms with Crippen LogP contribution in [-0.4, -0.2) is 8.80 Å². The maximum absolute atomic E-state index is 6.54. The van der Waals surface area contributed by atoms with Crippen LogP contribution in [0, 0.1) is 0 Å². The van der Waals surface area contributed by atoms with Gasteiger partial charge < -0.3 is 18.1 Å². The zero-order chi connectivity index (χ0) is 36.2. The quantitative estimate of drug-likeness (QED) is 0.171. The standard InChI is InChI=1S/C51H33N3O/c1-51(2)40-17-7-3-12-32(40)37-16-11-20-44(48(37)51)52(31-22-24-36-35-15-6-10-21-46(35)55-47(36)29-31)30-23-27-43-45(28-30)54-42-19-9-5-14-34(42)39-26-25-38-33-13-4-8-18-41(33)53(43)49(38)50(39)54/h3-29H,1-2H3. The number of benzene rings is 8. The van der Waals surface area contributed by atoms with Crippen molar-refractivity contribution in [3.05, 3.63) is 175 Å². The SMILES string of the molecule is CC1(C)c2ccccc2-c2cccc(N(c3ccc4c(c3)oc3ccccc34)c3ccc4c(c3)n3c5ccccc5c5ccc6c7ccccc7n4c6c53)c21. The molecule has 0 atom stereocenters. The molecule has 0 amide bonds. The van der Waals surface area contributed by atoms with E-state index in [1.807, 2.05) is 6.07 Å². The van der Waals surface area contributed by atoms with Gasteiger partial charge in [-0.3, -0.25) is 0 Å². The van der Waals surface area contributed by atoms with E-state index in [0.29, 0.717) is 0 Å². The Balaban J connectivity index is 1.17. The smallest absolute Gasteiger partial charge is 0.137 e. The first-order valence-corrected chi connectivity index (χ1v) is 19.1. The molecule has 0 aliphatic heterocycles. The van der Waals surface area contributed by atoms with Crippen LogP contribution in [0.5, 0.6) is 0 Å². The van der Waals surface area contributed by atoms with E-state index in [1.165, 1.54) is 77.1 Å². The van der Waals surface area contributed by atoms with Gasteiger partial charge in [-0.15, -0.1) is 0 Å². The van der Waals surface area contributed by atoms with Gasteiger partial charge in [-0.2, -0.15) is 0 Å². The lowest BCUT2D eigenvalue weighted by molar-refractivity contribution is 0.660. The predicted octanol–water partition coefficient (Wildman–Crippen LogP) is 13.9. The van der Waals surface area contributed by atoms with Gasteiger partial charge in [0.15, 0.2) is 0 Å². The Labute approximate surface area is 316 Å². The van der Waals surface area contributed by atoms with Gasteiger partial charge in [0.05, 0.1) is 38.8 Å². The van der Waals surface area contributed by atoms with Gasteiger partial charge in [0.2, 0.25) is 0 Å². The highest BCUT2D eigenvalue weighted by molar-refractivity contribution is 6.25. The molecule has 0 saturated heterocycles. The van der Waals surface area contributed by atoms with Crippen LogP contribution in [0.15, 0.2) is 168 Å². The highest BCUT2D eigenvalue weighted by Gasteiger charge is 2.39. The number of aromatic nitrogens is 2. The number of furan rings is 1. The zero-order valence-corrected chi connectivity index (χ0v) is 30.3. The van der Waals surface area contributed by atoms with E-state index >= 15 is 0 Å². The lowest BCUT2D eigenvalue weighted by Crippen LogP contribution is -2.20. The van der Waals surface area contributed by atoms with Crippen molar-refractivity contribution in [2.75, 3.05) is 4.90 Å². The molecule has 0 saturated carbocycles. The van der Waals surface area contributed by atoms with Crippen molar-refractivity contribution in [2.45, 2.75) is 19.3 Å². The van der Waals surface area contributed by atoms with Crippen molar-refractivity contribution < 1.29 is 4.42 Å². The molecule has 8 aromatic carbocycles. The third-order valence-corrected chi connectivity index (χ3v) is 12.6. The summed E-state index contributed by atoms with van der Waals surface area (Å²) in [5, 5.41) is 7.35. The second-order valence-corrected chi connectivity index (χ2v) is 15.7. The first-order chi connectivity index (χ1) is 27.1. The Hall–Kier alpha value is -7.04. The highest BCUT2D eigenvalue weighted by atomic mass is 16.3. The Kier molecular flexibility index (Phi) is 5.42. The zero-order valence-electron chi connectivity index (χ0n) is 30.3. The molecule has 0 bridgehead atoms. The van der Waals surface area contributed by atoms with Crippen molar-refractivity contribution in [3.63, 3.8) is 0 Å². The minimum Gasteiger partial charge on any atom is -0.456 e. The second kappa shape index (κ2) is 10.1. The third kappa shape index (κ3) is 3.62. The summed E-state index contributed by atoms with van der Waals surface area (Å²) in [6.07, 6.45) is 0. The number of rotatable bonds is 3. The van der Waals surface area contributed by atoms with Crippen molar-refractivity contribution in [1.29, 1.82) is 0 Å². The number of anilines is 3. The maximum Gasteiger partial charge on any atom is 0.137 e. The van der Waals surface area contributed by atoms with Crippen molar-refractivity contribution >= 4 is 93.6 Å². The lowest BCUT2D eigenvalue weighted by atomic mass is 9.81. The third-order valence-electron chi connectivity index (χ3n) is 12.6. The molecule has 0 N–H and O–H groups in total. The largest absolute Gasteiger partial charge is 0.456 e. The molecule has 258 valence electrons. The van der Waals surface area contributed by atoms with E-state index in [0.717, 1.165) is 38.8 Å². The van der Waals surface area contributed by atoms with Crippen LogP contribution in [-0.2, 0) is 5.41 Å². The minimum absolute atomic E-state index is 0.212. The van der Waals surface area contributed by atoms with Gasteiger partial charge >= 0.3 is 0 Å².